The van der Waals surface area contributed by atoms with Crippen molar-refractivity contribution in [3.63, 3.8) is 0 Å². The van der Waals surface area contributed by atoms with E-state index in [1.54, 1.807) is 0 Å². The Labute approximate surface area is 107 Å². The summed E-state index contributed by atoms with van der Waals surface area (Å²) in [5, 5.41) is 0.341. The average molecular weight is 257 g/mol. The average Bonchev–Trinajstić information content (AvgIpc) is 2.31. The Morgan fingerprint density at radius 1 is 1.29 bits per heavy atom. The number of carbonyl (C=O) groups is 1. The second-order valence-corrected chi connectivity index (χ2v) is 4.67. The standard InChI is InChI=1S/C14H18ClFO/c1-3-5-10(6-4-2)14(17)12-9-11(16)7-8-13(12)15/h7-10H,3-6H2,1-2H3. The van der Waals surface area contributed by atoms with Crippen LogP contribution in [0.15, 0.2) is 18.2 Å². The summed E-state index contributed by atoms with van der Waals surface area (Å²) in [5.41, 5.74) is 0.318. The topological polar surface area (TPSA) is 17.1 Å². The minimum Gasteiger partial charge on any atom is -0.294 e. The van der Waals surface area contributed by atoms with Gasteiger partial charge in [0.2, 0.25) is 0 Å². The first kappa shape index (κ1) is 14.2. The number of hydrogen-bond acceptors (Lipinski definition) is 1. The molecule has 0 saturated heterocycles. The number of Topliss-reactive ketones (excluding diaryl/α,β-unsaturated/α-hetero) is 1. The number of benzene rings is 1. The molecule has 1 nitrogen and oxygen atoms in total. The zero-order valence-electron chi connectivity index (χ0n) is 10.3. The lowest BCUT2D eigenvalue weighted by Gasteiger charge is -2.14. The van der Waals surface area contributed by atoms with Crippen LogP contribution < -0.4 is 0 Å². The first-order valence-electron chi connectivity index (χ1n) is 6.09. The first-order valence-corrected chi connectivity index (χ1v) is 6.47. The Kier molecular flexibility index (Phi) is 5.63. The van der Waals surface area contributed by atoms with Gasteiger partial charge in [-0.2, -0.15) is 0 Å². The molecular formula is C14H18ClFO. The highest BCUT2D eigenvalue weighted by atomic mass is 35.5. The summed E-state index contributed by atoms with van der Waals surface area (Å²) in [7, 11) is 0. The summed E-state index contributed by atoms with van der Waals surface area (Å²) < 4.78 is 13.1. The van der Waals surface area contributed by atoms with Crippen molar-refractivity contribution in [2.45, 2.75) is 39.5 Å². The molecule has 0 saturated carbocycles. The van der Waals surface area contributed by atoms with Crippen LogP contribution in [0.3, 0.4) is 0 Å². The molecule has 0 aliphatic rings. The summed E-state index contributed by atoms with van der Waals surface area (Å²) in [6, 6.07) is 3.95. The van der Waals surface area contributed by atoms with Crippen molar-refractivity contribution in [3.05, 3.63) is 34.6 Å². The monoisotopic (exact) mass is 256 g/mol. The molecule has 1 aromatic rings. The molecule has 0 unspecified atom stereocenters. The van der Waals surface area contributed by atoms with Crippen LogP contribution >= 0.6 is 11.6 Å². The van der Waals surface area contributed by atoms with Crippen LogP contribution in [0.4, 0.5) is 4.39 Å². The zero-order chi connectivity index (χ0) is 12.8. The first-order chi connectivity index (χ1) is 8.10. The minimum atomic E-state index is -0.413. The molecule has 0 atom stereocenters. The second-order valence-electron chi connectivity index (χ2n) is 4.26. The number of hydrogen-bond donors (Lipinski definition) is 0. The van der Waals surface area contributed by atoms with Crippen LogP contribution in [0, 0.1) is 11.7 Å². The predicted molar refractivity (Wildman–Crippen MR) is 69.0 cm³/mol. The Morgan fingerprint density at radius 3 is 2.41 bits per heavy atom. The largest absolute Gasteiger partial charge is 0.294 e. The number of ketones is 1. The highest BCUT2D eigenvalue weighted by Gasteiger charge is 2.21. The fourth-order valence-electron chi connectivity index (χ4n) is 2.01. The van der Waals surface area contributed by atoms with Gasteiger partial charge in [0.15, 0.2) is 5.78 Å². The summed E-state index contributed by atoms with van der Waals surface area (Å²) in [5.74, 6) is -0.480. The third-order valence-electron chi connectivity index (χ3n) is 2.84. The molecule has 0 spiro atoms. The molecule has 0 aliphatic heterocycles. The van der Waals surface area contributed by atoms with Crippen LogP contribution in [0.5, 0.6) is 0 Å². The van der Waals surface area contributed by atoms with Gasteiger partial charge in [0.05, 0.1) is 5.02 Å². The van der Waals surface area contributed by atoms with Crippen molar-refractivity contribution >= 4 is 17.4 Å². The second kappa shape index (κ2) is 6.75. The molecule has 0 fully saturated rings. The Hall–Kier alpha value is -0.890. The van der Waals surface area contributed by atoms with E-state index < -0.39 is 5.82 Å². The summed E-state index contributed by atoms with van der Waals surface area (Å²) >= 11 is 5.95. The van der Waals surface area contributed by atoms with Gasteiger partial charge in [0.1, 0.15) is 5.82 Å². The minimum absolute atomic E-state index is 0.0294. The Bertz CT molecular complexity index is 384. The molecule has 0 N–H and O–H groups in total. The van der Waals surface area contributed by atoms with Crippen molar-refractivity contribution in [3.8, 4) is 0 Å². The lowest BCUT2D eigenvalue weighted by atomic mass is 9.90. The molecule has 3 heteroatoms. The molecule has 0 aliphatic carbocycles. The number of carbonyl (C=O) groups excluding carboxylic acids is 1. The van der Waals surface area contributed by atoms with E-state index in [2.05, 4.69) is 0 Å². The van der Waals surface area contributed by atoms with Gasteiger partial charge in [-0.05, 0) is 31.0 Å². The van der Waals surface area contributed by atoms with Gasteiger partial charge in [-0.1, -0.05) is 38.3 Å². The van der Waals surface area contributed by atoms with E-state index in [1.165, 1.54) is 18.2 Å². The van der Waals surface area contributed by atoms with Crippen LogP contribution in [-0.2, 0) is 0 Å². The van der Waals surface area contributed by atoms with Crippen molar-refractivity contribution in [2.24, 2.45) is 5.92 Å². The van der Waals surface area contributed by atoms with Gasteiger partial charge in [0, 0.05) is 11.5 Å². The van der Waals surface area contributed by atoms with Gasteiger partial charge in [-0.25, -0.2) is 4.39 Å². The normalized spacial score (nSPS) is 10.9. The molecule has 0 heterocycles. The predicted octanol–water partition coefficient (Wildman–Crippen LogP) is 4.88. The van der Waals surface area contributed by atoms with E-state index >= 15 is 0 Å². The van der Waals surface area contributed by atoms with Gasteiger partial charge in [-0.3, -0.25) is 4.79 Å². The third-order valence-corrected chi connectivity index (χ3v) is 3.17. The molecule has 0 amide bonds. The highest BCUT2D eigenvalue weighted by Crippen LogP contribution is 2.25. The quantitative estimate of drug-likeness (QED) is 0.663. The highest BCUT2D eigenvalue weighted by molar-refractivity contribution is 6.34. The van der Waals surface area contributed by atoms with E-state index in [4.69, 9.17) is 11.6 Å². The molecule has 0 aromatic heterocycles. The van der Waals surface area contributed by atoms with E-state index in [0.717, 1.165) is 25.7 Å². The van der Waals surface area contributed by atoms with Gasteiger partial charge >= 0.3 is 0 Å². The molecule has 1 rings (SSSR count). The summed E-state index contributed by atoms with van der Waals surface area (Å²) in [6.45, 7) is 4.09. The Morgan fingerprint density at radius 2 is 1.88 bits per heavy atom. The maximum atomic E-state index is 13.1. The van der Waals surface area contributed by atoms with Crippen molar-refractivity contribution < 1.29 is 9.18 Å². The van der Waals surface area contributed by atoms with Crippen molar-refractivity contribution in [2.75, 3.05) is 0 Å². The molecule has 17 heavy (non-hydrogen) atoms. The number of halogens is 2. The van der Waals surface area contributed by atoms with Crippen molar-refractivity contribution in [1.29, 1.82) is 0 Å². The molecule has 0 radical (unpaired) electrons. The van der Waals surface area contributed by atoms with Crippen LogP contribution in [-0.4, -0.2) is 5.78 Å². The lowest BCUT2D eigenvalue weighted by Crippen LogP contribution is -2.15. The van der Waals surface area contributed by atoms with E-state index in [9.17, 15) is 9.18 Å². The smallest absolute Gasteiger partial charge is 0.167 e. The van der Waals surface area contributed by atoms with Crippen LogP contribution in [0.1, 0.15) is 49.9 Å². The number of rotatable bonds is 6. The van der Waals surface area contributed by atoms with E-state index in [-0.39, 0.29) is 11.7 Å². The molecule has 0 bridgehead atoms. The third kappa shape index (κ3) is 3.81. The SMILES string of the molecule is CCCC(CCC)C(=O)c1cc(F)ccc1Cl. The molecular weight excluding hydrogens is 239 g/mol. The Balaban J connectivity index is 2.95. The zero-order valence-corrected chi connectivity index (χ0v) is 11.1. The van der Waals surface area contributed by atoms with Gasteiger partial charge in [-0.15, -0.1) is 0 Å². The van der Waals surface area contributed by atoms with Gasteiger partial charge < -0.3 is 0 Å². The summed E-state index contributed by atoms with van der Waals surface area (Å²) in [4.78, 5) is 12.2. The van der Waals surface area contributed by atoms with Crippen LogP contribution in [0.25, 0.3) is 0 Å². The van der Waals surface area contributed by atoms with Gasteiger partial charge in [0.25, 0.3) is 0 Å². The maximum Gasteiger partial charge on any atom is 0.167 e. The molecule has 1 aromatic carbocycles. The fourth-order valence-corrected chi connectivity index (χ4v) is 2.22. The summed E-state index contributed by atoms with van der Waals surface area (Å²) in [6.07, 6.45) is 3.56. The van der Waals surface area contributed by atoms with Crippen molar-refractivity contribution in [1.82, 2.24) is 0 Å². The van der Waals surface area contributed by atoms with E-state index in [0.29, 0.717) is 10.6 Å². The maximum absolute atomic E-state index is 13.1. The lowest BCUT2D eigenvalue weighted by molar-refractivity contribution is 0.0904. The van der Waals surface area contributed by atoms with Crippen LogP contribution in [0.2, 0.25) is 5.02 Å². The fraction of sp³-hybridized carbons (Fsp3) is 0.500. The van der Waals surface area contributed by atoms with E-state index in [1.807, 2.05) is 13.8 Å². The molecule has 94 valence electrons.